The summed E-state index contributed by atoms with van der Waals surface area (Å²) >= 11 is 0. The number of sulfone groups is 1. The number of rotatable bonds is 4. The average Bonchev–Trinajstić information content (AvgIpc) is 2.75. The first-order chi connectivity index (χ1) is 15.1. The fraction of sp³-hybridized carbons (Fsp3) is 0.400. The van der Waals surface area contributed by atoms with Crippen LogP contribution in [0.25, 0.3) is 10.9 Å². The second-order valence-electron chi connectivity index (χ2n) is 9.11. The zero-order valence-corrected chi connectivity index (χ0v) is 19.7. The van der Waals surface area contributed by atoms with Crippen molar-refractivity contribution in [1.82, 2.24) is 4.57 Å². The van der Waals surface area contributed by atoms with Gasteiger partial charge in [-0.05, 0) is 54.5 Å². The Morgan fingerprint density at radius 2 is 1.69 bits per heavy atom. The van der Waals surface area contributed by atoms with E-state index in [-0.39, 0.29) is 15.2 Å². The molecule has 32 heavy (non-hydrogen) atoms. The van der Waals surface area contributed by atoms with Crippen molar-refractivity contribution < 1.29 is 12.8 Å². The van der Waals surface area contributed by atoms with Gasteiger partial charge in [-0.25, -0.2) is 12.8 Å². The summed E-state index contributed by atoms with van der Waals surface area (Å²) in [6.07, 6.45) is 3.23. The minimum atomic E-state index is -4.03. The van der Waals surface area contributed by atoms with E-state index in [9.17, 15) is 13.2 Å². The fourth-order valence-electron chi connectivity index (χ4n) is 4.79. The Hall–Kier alpha value is -2.67. The predicted octanol–water partition coefficient (Wildman–Crippen LogP) is 4.56. The molecule has 2 atom stereocenters. The van der Waals surface area contributed by atoms with Crippen molar-refractivity contribution in [2.24, 2.45) is 18.9 Å². The topological polar surface area (TPSA) is 59.4 Å². The molecule has 2 unspecified atom stereocenters. The van der Waals surface area contributed by atoms with Gasteiger partial charge in [-0.2, -0.15) is 0 Å². The van der Waals surface area contributed by atoms with E-state index in [2.05, 4.69) is 13.8 Å². The van der Waals surface area contributed by atoms with Crippen molar-refractivity contribution in [1.29, 1.82) is 0 Å². The molecule has 0 spiro atoms. The van der Waals surface area contributed by atoms with Crippen LogP contribution < -0.4 is 10.3 Å². The second-order valence-corrected chi connectivity index (χ2v) is 11.0. The Balaban J connectivity index is 1.84. The molecule has 0 amide bonds. The minimum absolute atomic E-state index is 0.0551. The maximum absolute atomic E-state index is 15.2. The van der Waals surface area contributed by atoms with Crippen molar-refractivity contribution in [2.75, 3.05) is 18.0 Å². The highest BCUT2D eigenvalue weighted by Gasteiger charge is 2.27. The summed E-state index contributed by atoms with van der Waals surface area (Å²) in [5.74, 6) is 0.395. The lowest BCUT2D eigenvalue weighted by Gasteiger charge is -2.36. The molecule has 2 heterocycles. The van der Waals surface area contributed by atoms with E-state index in [0.29, 0.717) is 23.0 Å². The van der Waals surface area contributed by atoms with E-state index in [4.69, 9.17) is 0 Å². The Morgan fingerprint density at radius 3 is 2.28 bits per heavy atom. The van der Waals surface area contributed by atoms with Gasteiger partial charge in [0.2, 0.25) is 15.3 Å². The first-order valence-corrected chi connectivity index (χ1v) is 12.5. The smallest absolute Gasteiger partial charge is 0.211 e. The van der Waals surface area contributed by atoms with Crippen molar-refractivity contribution in [3.8, 4) is 0 Å². The molecule has 1 saturated heterocycles. The standard InChI is InChI=1S/C25H29FN2O3S/c1-5-18-6-8-19(9-7-18)32(30,31)24-15-27(4)22-12-23(21(26)11-20(22)25(24)29)28-13-16(2)10-17(3)14-28/h6-9,11-12,15-17H,5,10,13-14H2,1-4H3. The number of hydrogen-bond donors (Lipinski definition) is 0. The summed E-state index contributed by atoms with van der Waals surface area (Å²) in [7, 11) is -2.35. The van der Waals surface area contributed by atoms with Gasteiger partial charge in [0.15, 0.2) is 0 Å². The van der Waals surface area contributed by atoms with E-state index < -0.39 is 21.1 Å². The lowest BCUT2D eigenvalue weighted by Crippen LogP contribution is -2.39. The molecule has 1 fully saturated rings. The van der Waals surface area contributed by atoms with Gasteiger partial charge in [0, 0.05) is 26.3 Å². The maximum Gasteiger partial charge on any atom is 0.211 e. The second kappa shape index (κ2) is 8.35. The zero-order valence-electron chi connectivity index (χ0n) is 18.9. The van der Waals surface area contributed by atoms with Crippen LogP contribution in [-0.4, -0.2) is 26.1 Å². The van der Waals surface area contributed by atoms with E-state index in [1.807, 2.05) is 11.8 Å². The zero-order chi connectivity index (χ0) is 23.2. The molecule has 0 saturated carbocycles. The lowest BCUT2D eigenvalue weighted by atomic mass is 9.91. The van der Waals surface area contributed by atoms with Crippen molar-refractivity contribution in [3.63, 3.8) is 0 Å². The van der Waals surface area contributed by atoms with Gasteiger partial charge in [0.25, 0.3) is 0 Å². The molecule has 2 aromatic carbocycles. The molecule has 3 aromatic rings. The first-order valence-electron chi connectivity index (χ1n) is 11.0. The van der Waals surface area contributed by atoms with Gasteiger partial charge in [-0.3, -0.25) is 4.79 Å². The summed E-state index contributed by atoms with van der Waals surface area (Å²) in [6, 6.07) is 9.37. The number of halogens is 1. The Morgan fingerprint density at radius 1 is 1.06 bits per heavy atom. The third kappa shape index (κ3) is 3.94. The molecule has 1 aromatic heterocycles. The van der Waals surface area contributed by atoms with Gasteiger partial charge in [0.1, 0.15) is 10.7 Å². The van der Waals surface area contributed by atoms with Crippen LogP contribution in [-0.2, 0) is 23.3 Å². The highest BCUT2D eigenvalue weighted by molar-refractivity contribution is 7.91. The van der Waals surface area contributed by atoms with Crippen molar-refractivity contribution in [3.05, 3.63) is 64.2 Å². The molecule has 0 radical (unpaired) electrons. The summed E-state index contributed by atoms with van der Waals surface area (Å²) in [4.78, 5) is 14.9. The Bertz CT molecular complexity index is 1320. The highest BCUT2D eigenvalue weighted by atomic mass is 32.2. The van der Waals surface area contributed by atoms with Crippen LogP contribution in [0.4, 0.5) is 10.1 Å². The minimum Gasteiger partial charge on any atom is -0.369 e. The van der Waals surface area contributed by atoms with Crippen LogP contribution in [0.2, 0.25) is 0 Å². The molecule has 0 N–H and O–H groups in total. The third-order valence-electron chi connectivity index (χ3n) is 6.37. The number of hydrogen-bond acceptors (Lipinski definition) is 4. The van der Waals surface area contributed by atoms with Gasteiger partial charge >= 0.3 is 0 Å². The molecule has 5 nitrogen and oxygen atoms in total. The molecule has 1 aliphatic rings. The first kappa shape index (κ1) is 22.5. The van der Waals surface area contributed by atoms with Gasteiger partial charge in [0.05, 0.1) is 21.5 Å². The van der Waals surface area contributed by atoms with Crippen LogP contribution >= 0.6 is 0 Å². The van der Waals surface area contributed by atoms with Gasteiger partial charge in [-0.1, -0.05) is 32.9 Å². The summed E-state index contributed by atoms with van der Waals surface area (Å²) in [5, 5.41) is 0.0677. The van der Waals surface area contributed by atoms with Gasteiger partial charge in [-0.15, -0.1) is 0 Å². The molecule has 0 bridgehead atoms. The molecule has 7 heteroatoms. The largest absolute Gasteiger partial charge is 0.369 e. The van der Waals surface area contributed by atoms with E-state index >= 15 is 4.39 Å². The van der Waals surface area contributed by atoms with Crippen LogP contribution in [0.3, 0.4) is 0 Å². The SMILES string of the molecule is CCc1ccc(S(=O)(=O)c2cn(C)c3cc(N4CC(C)CC(C)C4)c(F)cc3c2=O)cc1. The Kier molecular flexibility index (Phi) is 5.88. The Labute approximate surface area is 188 Å². The summed E-state index contributed by atoms with van der Waals surface area (Å²) in [5.41, 5.74) is 1.30. The van der Waals surface area contributed by atoms with Crippen LogP contribution in [0.5, 0.6) is 0 Å². The average molecular weight is 457 g/mol. The summed E-state index contributed by atoms with van der Waals surface area (Å²) < 4.78 is 43.2. The number of anilines is 1. The number of pyridine rings is 1. The number of aromatic nitrogens is 1. The number of fused-ring (bicyclic) bond motifs is 1. The molecule has 0 aliphatic carbocycles. The van der Waals surface area contributed by atoms with Crippen molar-refractivity contribution >= 4 is 26.4 Å². The number of nitrogens with zero attached hydrogens (tertiary/aromatic N) is 2. The van der Waals surface area contributed by atoms with E-state index in [0.717, 1.165) is 31.5 Å². The summed E-state index contributed by atoms with van der Waals surface area (Å²) in [6.45, 7) is 7.79. The third-order valence-corrected chi connectivity index (χ3v) is 8.13. The van der Waals surface area contributed by atoms with Crippen molar-refractivity contribution in [2.45, 2.75) is 43.4 Å². The molecular weight excluding hydrogens is 427 g/mol. The van der Waals surface area contributed by atoms with Crippen LogP contribution in [0, 0.1) is 17.7 Å². The monoisotopic (exact) mass is 456 g/mol. The van der Waals surface area contributed by atoms with E-state index in [1.54, 1.807) is 29.8 Å². The highest BCUT2D eigenvalue weighted by Crippen LogP contribution is 2.31. The van der Waals surface area contributed by atoms with Crippen LogP contribution in [0.15, 0.2) is 57.2 Å². The predicted molar refractivity (Wildman–Crippen MR) is 126 cm³/mol. The molecular formula is C25H29FN2O3S. The maximum atomic E-state index is 15.2. The quantitative estimate of drug-likeness (QED) is 0.578. The normalized spacial score (nSPS) is 19.5. The van der Waals surface area contributed by atoms with Gasteiger partial charge < -0.3 is 9.47 Å². The molecule has 170 valence electrons. The number of benzene rings is 2. The van der Waals surface area contributed by atoms with Crippen LogP contribution in [0.1, 0.15) is 32.8 Å². The van der Waals surface area contributed by atoms with E-state index in [1.165, 1.54) is 24.4 Å². The number of piperidine rings is 1. The molecule has 1 aliphatic heterocycles. The lowest BCUT2D eigenvalue weighted by molar-refractivity contribution is 0.354. The fourth-order valence-corrected chi connectivity index (χ4v) is 6.19. The molecule has 4 rings (SSSR count). The number of aryl methyl sites for hydroxylation is 2.